The maximum atomic E-state index is 12.9. The Morgan fingerprint density at radius 1 is 1.00 bits per heavy atom. The van der Waals surface area contributed by atoms with Crippen molar-refractivity contribution in [1.29, 1.82) is 0 Å². The molecule has 2 aromatic carbocycles. The second kappa shape index (κ2) is 5.57. The fourth-order valence-electron chi connectivity index (χ4n) is 2.08. The number of nitrogens with one attached hydrogen (secondary N) is 1. The molecule has 0 fully saturated rings. The summed E-state index contributed by atoms with van der Waals surface area (Å²) >= 11 is 0. The molecule has 0 aliphatic carbocycles. The zero-order chi connectivity index (χ0) is 14.3. The summed E-state index contributed by atoms with van der Waals surface area (Å²) in [6.45, 7) is 0. The SMILES string of the molecule is Br.O=c1cc(-c2ccc(F)cc2)[nH]c2c(O)c(O)ccc12. The lowest BCUT2D eigenvalue weighted by atomic mass is 10.1. The van der Waals surface area contributed by atoms with Gasteiger partial charge in [-0.1, -0.05) is 0 Å². The van der Waals surface area contributed by atoms with Gasteiger partial charge in [-0.25, -0.2) is 4.39 Å². The van der Waals surface area contributed by atoms with E-state index < -0.39 is 0 Å². The normalized spacial score (nSPS) is 10.3. The van der Waals surface area contributed by atoms with Crippen molar-refractivity contribution in [1.82, 2.24) is 4.98 Å². The van der Waals surface area contributed by atoms with Gasteiger partial charge >= 0.3 is 0 Å². The summed E-state index contributed by atoms with van der Waals surface area (Å²) in [6.07, 6.45) is 0. The quantitative estimate of drug-likeness (QED) is 0.589. The fraction of sp³-hybridized carbons (Fsp3) is 0. The van der Waals surface area contributed by atoms with E-state index in [-0.39, 0.29) is 50.6 Å². The molecule has 0 saturated carbocycles. The van der Waals surface area contributed by atoms with Gasteiger partial charge in [0.15, 0.2) is 16.9 Å². The van der Waals surface area contributed by atoms with Gasteiger partial charge in [-0.2, -0.15) is 0 Å². The van der Waals surface area contributed by atoms with Crippen LogP contribution in [0.2, 0.25) is 0 Å². The molecule has 4 nitrogen and oxygen atoms in total. The number of aromatic nitrogens is 1. The van der Waals surface area contributed by atoms with E-state index in [9.17, 15) is 19.4 Å². The number of pyridine rings is 1. The molecule has 6 heteroatoms. The van der Waals surface area contributed by atoms with Crippen LogP contribution in [0.15, 0.2) is 47.3 Å². The van der Waals surface area contributed by atoms with Gasteiger partial charge < -0.3 is 15.2 Å². The Hall–Kier alpha value is -2.34. The van der Waals surface area contributed by atoms with Gasteiger partial charge in [0.25, 0.3) is 0 Å². The maximum Gasteiger partial charge on any atom is 0.190 e. The molecule has 3 rings (SSSR count). The monoisotopic (exact) mass is 351 g/mol. The first kappa shape index (κ1) is 15.1. The van der Waals surface area contributed by atoms with Crippen molar-refractivity contribution in [3.63, 3.8) is 0 Å². The van der Waals surface area contributed by atoms with Gasteiger partial charge in [0.2, 0.25) is 0 Å². The van der Waals surface area contributed by atoms with Crippen LogP contribution >= 0.6 is 17.0 Å². The van der Waals surface area contributed by atoms with Crippen LogP contribution < -0.4 is 5.43 Å². The molecule has 3 aromatic rings. The molecule has 108 valence electrons. The molecule has 0 aliphatic heterocycles. The molecule has 0 atom stereocenters. The van der Waals surface area contributed by atoms with Gasteiger partial charge in [0.05, 0.1) is 5.52 Å². The fourth-order valence-corrected chi connectivity index (χ4v) is 2.08. The smallest absolute Gasteiger partial charge is 0.190 e. The molecule has 0 unspecified atom stereocenters. The molecule has 0 spiro atoms. The zero-order valence-electron chi connectivity index (χ0n) is 10.6. The Balaban J connectivity index is 0.00000161. The first-order chi connectivity index (χ1) is 9.56. The Labute approximate surface area is 129 Å². The number of hydrogen-bond acceptors (Lipinski definition) is 3. The number of benzene rings is 2. The minimum Gasteiger partial charge on any atom is -0.504 e. The number of hydrogen-bond donors (Lipinski definition) is 3. The summed E-state index contributed by atoms with van der Waals surface area (Å²) in [7, 11) is 0. The third-order valence-electron chi connectivity index (χ3n) is 3.11. The average Bonchev–Trinajstić information content (AvgIpc) is 2.44. The highest BCUT2D eigenvalue weighted by molar-refractivity contribution is 8.93. The zero-order valence-corrected chi connectivity index (χ0v) is 12.3. The van der Waals surface area contributed by atoms with E-state index >= 15 is 0 Å². The first-order valence-corrected chi connectivity index (χ1v) is 5.90. The van der Waals surface area contributed by atoms with Gasteiger partial charge in [-0.05, 0) is 42.0 Å². The number of phenols is 2. The minimum atomic E-state index is -0.386. The number of fused-ring (bicyclic) bond motifs is 1. The highest BCUT2D eigenvalue weighted by atomic mass is 79.9. The molecular weight excluding hydrogens is 341 g/mol. The van der Waals surface area contributed by atoms with E-state index in [1.54, 1.807) is 0 Å². The van der Waals surface area contributed by atoms with Crippen LogP contribution in [0.5, 0.6) is 11.5 Å². The van der Waals surface area contributed by atoms with Crippen LogP contribution in [0.3, 0.4) is 0 Å². The summed E-state index contributed by atoms with van der Waals surface area (Å²) in [4.78, 5) is 14.9. The van der Waals surface area contributed by atoms with Crippen molar-refractivity contribution in [2.45, 2.75) is 0 Å². The average molecular weight is 352 g/mol. The van der Waals surface area contributed by atoms with Crippen molar-refractivity contribution < 1.29 is 14.6 Å². The summed E-state index contributed by atoms with van der Waals surface area (Å²) in [6, 6.07) is 9.65. The van der Waals surface area contributed by atoms with Gasteiger partial charge in [0, 0.05) is 17.1 Å². The van der Waals surface area contributed by atoms with Gasteiger partial charge in [0.1, 0.15) is 5.82 Å². The first-order valence-electron chi connectivity index (χ1n) is 5.90. The number of aromatic amines is 1. The van der Waals surface area contributed by atoms with Gasteiger partial charge in [-0.15, -0.1) is 17.0 Å². The van der Waals surface area contributed by atoms with E-state index in [2.05, 4.69) is 4.98 Å². The van der Waals surface area contributed by atoms with E-state index in [0.29, 0.717) is 11.3 Å². The molecule has 0 amide bonds. The van der Waals surface area contributed by atoms with E-state index in [0.717, 1.165) is 0 Å². The third-order valence-corrected chi connectivity index (χ3v) is 3.11. The van der Waals surface area contributed by atoms with Crippen LogP contribution in [0.1, 0.15) is 0 Å². The summed E-state index contributed by atoms with van der Waals surface area (Å²) in [5.74, 6) is -1.08. The second-order valence-corrected chi connectivity index (χ2v) is 4.41. The number of H-pyrrole nitrogens is 1. The summed E-state index contributed by atoms with van der Waals surface area (Å²) < 4.78 is 12.9. The molecular formula is C15H11BrFNO3. The summed E-state index contributed by atoms with van der Waals surface area (Å²) in [5.41, 5.74) is 0.891. The van der Waals surface area contributed by atoms with Crippen molar-refractivity contribution in [3.05, 3.63) is 58.5 Å². The molecule has 21 heavy (non-hydrogen) atoms. The number of rotatable bonds is 1. The standard InChI is InChI=1S/C15H10FNO3.BrH/c16-9-3-1-8(2-4-9)11-7-13(19)10-5-6-12(18)15(20)14(10)17-11;/h1-7,18,20H,(H,17,19);1H. The lowest BCUT2D eigenvalue weighted by Crippen LogP contribution is -2.03. The number of phenolic OH excluding ortho intramolecular Hbond substituents is 2. The topological polar surface area (TPSA) is 73.3 Å². The predicted octanol–water partition coefficient (Wildman–Crippen LogP) is 3.32. The molecule has 0 saturated heterocycles. The van der Waals surface area contributed by atoms with Crippen LogP contribution in [-0.2, 0) is 0 Å². The Morgan fingerprint density at radius 3 is 2.33 bits per heavy atom. The second-order valence-electron chi connectivity index (χ2n) is 4.41. The Bertz CT molecular complexity index is 859. The van der Waals surface area contributed by atoms with E-state index in [4.69, 9.17) is 0 Å². The van der Waals surface area contributed by atoms with Crippen molar-refractivity contribution >= 4 is 27.9 Å². The van der Waals surface area contributed by atoms with Gasteiger partial charge in [-0.3, -0.25) is 4.79 Å². The Morgan fingerprint density at radius 2 is 1.67 bits per heavy atom. The number of halogens is 2. The molecule has 3 N–H and O–H groups in total. The molecule has 1 heterocycles. The van der Waals surface area contributed by atoms with Crippen molar-refractivity contribution in [2.24, 2.45) is 0 Å². The molecule has 0 radical (unpaired) electrons. The third kappa shape index (κ3) is 2.62. The predicted molar refractivity (Wildman–Crippen MR) is 83.6 cm³/mol. The van der Waals surface area contributed by atoms with Crippen LogP contribution in [0.25, 0.3) is 22.2 Å². The molecule has 0 bridgehead atoms. The van der Waals surface area contributed by atoms with E-state index in [1.807, 2.05) is 0 Å². The highest BCUT2D eigenvalue weighted by Crippen LogP contribution is 2.31. The largest absolute Gasteiger partial charge is 0.504 e. The number of aromatic hydroxyl groups is 2. The van der Waals surface area contributed by atoms with E-state index in [1.165, 1.54) is 42.5 Å². The van der Waals surface area contributed by atoms with Crippen LogP contribution in [0.4, 0.5) is 4.39 Å². The maximum absolute atomic E-state index is 12.9. The lowest BCUT2D eigenvalue weighted by Gasteiger charge is -2.07. The Kier molecular flexibility index (Phi) is 3.99. The molecule has 1 aromatic heterocycles. The summed E-state index contributed by atoms with van der Waals surface area (Å²) in [5, 5.41) is 19.6. The van der Waals surface area contributed by atoms with Crippen molar-refractivity contribution in [3.8, 4) is 22.8 Å². The van der Waals surface area contributed by atoms with Crippen LogP contribution in [0, 0.1) is 5.82 Å². The van der Waals surface area contributed by atoms with Crippen molar-refractivity contribution in [2.75, 3.05) is 0 Å². The molecule has 0 aliphatic rings. The minimum absolute atomic E-state index is 0. The highest BCUT2D eigenvalue weighted by Gasteiger charge is 2.10. The lowest BCUT2D eigenvalue weighted by molar-refractivity contribution is 0.407. The van der Waals surface area contributed by atoms with Crippen LogP contribution in [-0.4, -0.2) is 15.2 Å².